The van der Waals surface area contributed by atoms with E-state index in [0.29, 0.717) is 5.92 Å². The zero-order valence-electron chi connectivity index (χ0n) is 24.5. The zero-order valence-corrected chi connectivity index (χ0v) is 24.5. The predicted octanol–water partition coefficient (Wildman–Crippen LogP) is 6.94. The van der Waals surface area contributed by atoms with Crippen molar-refractivity contribution in [2.45, 2.75) is 62.8 Å². The third-order valence-corrected chi connectivity index (χ3v) is 8.75. The SMILES string of the molecule is C[C@@H](NC(=O)NC1CCC(CCNC(c2ccccc2)c2ccccc2)CC1)C(O)(c1ccccc1)c1ccccc1. The van der Waals surface area contributed by atoms with Gasteiger partial charge in [-0.05, 0) is 73.7 Å². The smallest absolute Gasteiger partial charge is 0.315 e. The van der Waals surface area contributed by atoms with Gasteiger partial charge in [-0.1, -0.05) is 121 Å². The molecule has 0 unspecified atom stereocenters. The first kappa shape index (κ1) is 29.6. The molecule has 2 amide bonds. The summed E-state index contributed by atoms with van der Waals surface area (Å²) in [5.41, 5.74) is 2.72. The monoisotopic (exact) mass is 561 g/mol. The normalized spacial score (nSPS) is 17.9. The van der Waals surface area contributed by atoms with Gasteiger partial charge in [0.25, 0.3) is 0 Å². The van der Waals surface area contributed by atoms with Gasteiger partial charge in [0.05, 0.1) is 12.1 Å². The molecule has 4 aromatic rings. The second kappa shape index (κ2) is 14.3. The van der Waals surface area contributed by atoms with Crippen LogP contribution in [0.25, 0.3) is 0 Å². The number of amides is 2. The van der Waals surface area contributed by atoms with Crippen molar-refractivity contribution in [2.75, 3.05) is 6.54 Å². The van der Waals surface area contributed by atoms with Crippen LogP contribution in [0.2, 0.25) is 0 Å². The summed E-state index contributed by atoms with van der Waals surface area (Å²) >= 11 is 0. The molecule has 5 heteroatoms. The first-order valence-electron chi connectivity index (χ1n) is 15.3. The van der Waals surface area contributed by atoms with Gasteiger partial charge in [0.15, 0.2) is 0 Å². The van der Waals surface area contributed by atoms with Crippen LogP contribution in [0, 0.1) is 5.92 Å². The molecule has 5 rings (SSSR count). The number of benzene rings is 4. The van der Waals surface area contributed by atoms with Crippen LogP contribution < -0.4 is 16.0 Å². The van der Waals surface area contributed by atoms with Gasteiger partial charge in [-0.3, -0.25) is 0 Å². The third-order valence-electron chi connectivity index (χ3n) is 8.75. The van der Waals surface area contributed by atoms with Gasteiger partial charge in [-0.2, -0.15) is 0 Å². The molecule has 0 heterocycles. The van der Waals surface area contributed by atoms with Crippen molar-refractivity contribution in [1.29, 1.82) is 0 Å². The quantitative estimate of drug-likeness (QED) is 0.160. The van der Waals surface area contributed by atoms with Crippen molar-refractivity contribution in [3.05, 3.63) is 144 Å². The molecular formula is C37H43N3O2. The highest BCUT2D eigenvalue weighted by molar-refractivity contribution is 5.75. The van der Waals surface area contributed by atoms with E-state index in [1.165, 1.54) is 11.1 Å². The molecule has 4 aromatic carbocycles. The Hall–Kier alpha value is -3.93. The summed E-state index contributed by atoms with van der Waals surface area (Å²) in [5, 5.41) is 22.0. The molecular weight excluding hydrogens is 518 g/mol. The molecule has 1 atom stereocenters. The highest BCUT2D eigenvalue weighted by Gasteiger charge is 2.38. The molecule has 42 heavy (non-hydrogen) atoms. The molecule has 0 saturated heterocycles. The molecule has 1 saturated carbocycles. The number of carbonyl (C=O) groups excluding carboxylic acids is 1. The van der Waals surface area contributed by atoms with Gasteiger partial charge in [0, 0.05) is 6.04 Å². The maximum atomic E-state index is 13.1. The second-order valence-corrected chi connectivity index (χ2v) is 11.6. The number of hydrogen-bond acceptors (Lipinski definition) is 3. The van der Waals surface area contributed by atoms with Crippen LogP contribution in [0.1, 0.15) is 67.3 Å². The molecule has 0 spiro atoms. The minimum atomic E-state index is -1.35. The minimum Gasteiger partial charge on any atom is -0.378 e. The molecule has 5 nitrogen and oxygen atoms in total. The fourth-order valence-electron chi connectivity index (χ4n) is 6.33. The zero-order chi connectivity index (χ0) is 29.2. The van der Waals surface area contributed by atoms with Crippen molar-refractivity contribution in [3.8, 4) is 0 Å². The lowest BCUT2D eigenvalue weighted by Crippen LogP contribution is -2.54. The summed E-state index contributed by atoms with van der Waals surface area (Å²) in [4.78, 5) is 13.1. The number of carbonyl (C=O) groups is 1. The molecule has 0 bridgehead atoms. The Morgan fingerprint density at radius 3 is 1.67 bits per heavy atom. The maximum absolute atomic E-state index is 13.1. The van der Waals surface area contributed by atoms with E-state index in [1.54, 1.807) is 0 Å². The molecule has 0 radical (unpaired) electrons. The first-order valence-corrected chi connectivity index (χ1v) is 15.3. The highest BCUT2D eigenvalue weighted by Crippen LogP contribution is 2.33. The number of rotatable bonds is 11. The third kappa shape index (κ3) is 7.28. The number of nitrogens with one attached hydrogen (secondary N) is 3. The van der Waals surface area contributed by atoms with Gasteiger partial charge in [-0.15, -0.1) is 0 Å². The van der Waals surface area contributed by atoms with Gasteiger partial charge < -0.3 is 21.1 Å². The Balaban J connectivity index is 1.11. The Morgan fingerprint density at radius 1 is 0.738 bits per heavy atom. The lowest BCUT2D eigenvalue weighted by molar-refractivity contribution is 0.0470. The fraction of sp³-hybridized carbons (Fsp3) is 0.324. The van der Waals surface area contributed by atoms with Crippen LogP contribution in [0.5, 0.6) is 0 Å². The van der Waals surface area contributed by atoms with Crippen molar-refractivity contribution >= 4 is 6.03 Å². The second-order valence-electron chi connectivity index (χ2n) is 11.6. The standard InChI is InChI=1S/C37H43N3O2/c1-28(37(42,32-18-10-4-11-19-32)33-20-12-5-13-21-33)39-36(41)40-34-24-22-29(23-25-34)26-27-38-35(30-14-6-2-7-15-30)31-16-8-3-9-17-31/h2-21,28-29,34-35,38,42H,22-27H2,1H3,(H2,39,40,41)/t28-,29?,34?/m1/s1. The van der Waals surface area contributed by atoms with Crippen LogP contribution in [0.4, 0.5) is 4.79 Å². The molecule has 1 aliphatic rings. The van der Waals surface area contributed by atoms with Gasteiger partial charge in [0.1, 0.15) is 5.60 Å². The van der Waals surface area contributed by atoms with E-state index < -0.39 is 11.6 Å². The van der Waals surface area contributed by atoms with Crippen molar-refractivity contribution < 1.29 is 9.90 Å². The molecule has 0 aliphatic heterocycles. The van der Waals surface area contributed by atoms with E-state index in [-0.39, 0.29) is 18.1 Å². The maximum Gasteiger partial charge on any atom is 0.315 e. The Labute approximate surface area is 250 Å². The summed E-state index contributed by atoms with van der Waals surface area (Å²) in [6.45, 7) is 2.81. The van der Waals surface area contributed by atoms with Crippen LogP contribution in [0.3, 0.4) is 0 Å². The Morgan fingerprint density at radius 2 is 1.19 bits per heavy atom. The minimum absolute atomic E-state index is 0.143. The van der Waals surface area contributed by atoms with Gasteiger partial charge in [-0.25, -0.2) is 4.79 Å². The van der Waals surface area contributed by atoms with E-state index in [9.17, 15) is 9.90 Å². The van der Waals surface area contributed by atoms with Gasteiger partial charge >= 0.3 is 6.03 Å². The number of hydrogen-bond donors (Lipinski definition) is 4. The van der Waals surface area contributed by atoms with E-state index in [2.05, 4.69) is 76.6 Å². The average molecular weight is 562 g/mol. The van der Waals surface area contributed by atoms with Crippen LogP contribution in [0.15, 0.2) is 121 Å². The molecule has 1 aliphatic carbocycles. The predicted molar refractivity (Wildman–Crippen MR) is 170 cm³/mol. The summed E-state index contributed by atoms with van der Waals surface area (Å²) in [5.74, 6) is 0.644. The van der Waals surface area contributed by atoms with Crippen LogP contribution in [-0.4, -0.2) is 29.8 Å². The average Bonchev–Trinajstić information content (AvgIpc) is 3.05. The Bertz CT molecular complexity index is 1280. The van der Waals surface area contributed by atoms with Crippen LogP contribution >= 0.6 is 0 Å². The number of aliphatic hydroxyl groups is 1. The summed E-state index contributed by atoms with van der Waals surface area (Å²) in [6.07, 6.45) is 5.25. The van der Waals surface area contributed by atoms with E-state index in [4.69, 9.17) is 0 Å². The van der Waals surface area contributed by atoms with Crippen molar-refractivity contribution in [2.24, 2.45) is 5.92 Å². The van der Waals surface area contributed by atoms with Crippen LogP contribution in [-0.2, 0) is 5.60 Å². The lowest BCUT2D eigenvalue weighted by atomic mass is 9.81. The molecule has 4 N–H and O–H groups in total. The van der Waals surface area contributed by atoms with Gasteiger partial charge in [0.2, 0.25) is 0 Å². The largest absolute Gasteiger partial charge is 0.378 e. The van der Waals surface area contributed by atoms with E-state index in [1.807, 2.05) is 67.6 Å². The van der Waals surface area contributed by atoms with Crippen molar-refractivity contribution in [3.63, 3.8) is 0 Å². The molecule has 1 fully saturated rings. The lowest BCUT2D eigenvalue weighted by Gasteiger charge is -2.36. The van der Waals surface area contributed by atoms with E-state index in [0.717, 1.165) is 49.8 Å². The first-order chi connectivity index (χ1) is 20.5. The topological polar surface area (TPSA) is 73.4 Å². The Kier molecular flexibility index (Phi) is 10.1. The molecule has 0 aromatic heterocycles. The fourth-order valence-corrected chi connectivity index (χ4v) is 6.33. The summed E-state index contributed by atoms with van der Waals surface area (Å²) in [6, 6.07) is 39.9. The summed E-state index contributed by atoms with van der Waals surface area (Å²) < 4.78 is 0. The highest BCUT2D eigenvalue weighted by atomic mass is 16.3. The number of urea groups is 1. The van der Waals surface area contributed by atoms with Crippen molar-refractivity contribution in [1.82, 2.24) is 16.0 Å². The molecule has 218 valence electrons. The van der Waals surface area contributed by atoms with E-state index >= 15 is 0 Å². The summed E-state index contributed by atoms with van der Waals surface area (Å²) in [7, 11) is 0.